The van der Waals surface area contributed by atoms with Crippen LogP contribution < -0.4 is 15.5 Å². The van der Waals surface area contributed by atoms with Gasteiger partial charge in [0.2, 0.25) is 0 Å². The molecule has 3 rings (SSSR count). The third-order valence-electron chi connectivity index (χ3n) is 4.84. The zero-order chi connectivity index (χ0) is 20.5. The van der Waals surface area contributed by atoms with Crippen molar-refractivity contribution in [2.45, 2.75) is 20.3 Å². The fourth-order valence-corrected chi connectivity index (χ4v) is 3.20. The smallest absolute Gasteiger partial charge is 0.255 e. The first-order valence-electron chi connectivity index (χ1n) is 10.1. The molecule has 0 radical (unpaired) electrons. The number of hydrogen-bond acceptors (Lipinski definition) is 4. The van der Waals surface area contributed by atoms with Crippen LogP contribution in [0.15, 0.2) is 72.9 Å². The average molecular weight is 389 g/mol. The van der Waals surface area contributed by atoms with E-state index in [9.17, 15) is 4.79 Å². The number of rotatable bonds is 9. The van der Waals surface area contributed by atoms with Crippen molar-refractivity contribution in [1.29, 1.82) is 0 Å². The van der Waals surface area contributed by atoms with Gasteiger partial charge in [-0.3, -0.25) is 4.79 Å². The molecule has 0 aliphatic rings. The quantitative estimate of drug-likeness (QED) is 0.551. The Morgan fingerprint density at radius 3 is 2.38 bits per heavy atom. The van der Waals surface area contributed by atoms with Crippen molar-refractivity contribution in [2.24, 2.45) is 0 Å². The van der Waals surface area contributed by atoms with Crippen molar-refractivity contribution in [3.05, 3.63) is 84.1 Å². The molecule has 2 N–H and O–H groups in total. The van der Waals surface area contributed by atoms with Crippen molar-refractivity contribution in [1.82, 2.24) is 4.98 Å². The summed E-state index contributed by atoms with van der Waals surface area (Å²) in [4.78, 5) is 19.2. The van der Waals surface area contributed by atoms with Crippen molar-refractivity contribution in [3.63, 3.8) is 0 Å². The van der Waals surface area contributed by atoms with E-state index >= 15 is 0 Å². The Balaban J connectivity index is 1.57. The van der Waals surface area contributed by atoms with Gasteiger partial charge in [-0.2, -0.15) is 0 Å². The Morgan fingerprint density at radius 2 is 1.69 bits per heavy atom. The largest absolute Gasteiger partial charge is 0.372 e. The van der Waals surface area contributed by atoms with Crippen LogP contribution in [0.25, 0.3) is 0 Å². The molecule has 150 valence electrons. The van der Waals surface area contributed by atoms with E-state index in [1.807, 2.05) is 42.5 Å². The van der Waals surface area contributed by atoms with Crippen LogP contribution in [-0.4, -0.2) is 30.5 Å². The van der Waals surface area contributed by atoms with Gasteiger partial charge in [-0.1, -0.05) is 30.3 Å². The van der Waals surface area contributed by atoms with E-state index in [2.05, 4.69) is 46.5 Å². The maximum Gasteiger partial charge on any atom is 0.255 e. The zero-order valence-electron chi connectivity index (χ0n) is 17.1. The van der Waals surface area contributed by atoms with Gasteiger partial charge in [-0.05, 0) is 62.2 Å². The van der Waals surface area contributed by atoms with Crippen LogP contribution in [0.5, 0.6) is 0 Å². The molecule has 5 heteroatoms. The number of nitrogens with zero attached hydrogens (tertiary/aromatic N) is 2. The molecule has 0 atom stereocenters. The van der Waals surface area contributed by atoms with E-state index in [4.69, 9.17) is 0 Å². The van der Waals surface area contributed by atoms with Crippen molar-refractivity contribution in [3.8, 4) is 0 Å². The van der Waals surface area contributed by atoms with Crippen LogP contribution in [0.2, 0.25) is 0 Å². The second-order valence-corrected chi connectivity index (χ2v) is 6.77. The highest BCUT2D eigenvalue weighted by Gasteiger charge is 2.08. The number of amides is 1. The van der Waals surface area contributed by atoms with Gasteiger partial charge in [0.1, 0.15) is 5.82 Å². The number of nitrogens with one attached hydrogen (secondary N) is 2. The fourth-order valence-electron chi connectivity index (χ4n) is 3.20. The standard InChI is InChI=1S/C24H28N4O/c1-3-28(4-2)22-12-10-21(11-13-22)27-24(29)20-15-17-26-23(18-20)25-16-14-19-8-6-5-7-9-19/h5-13,15,17-18H,3-4,14,16H2,1-2H3,(H,25,26)(H,27,29). The highest BCUT2D eigenvalue weighted by atomic mass is 16.1. The van der Waals surface area contributed by atoms with E-state index in [-0.39, 0.29) is 5.91 Å². The minimum atomic E-state index is -0.144. The molecule has 0 aliphatic heterocycles. The predicted octanol–water partition coefficient (Wildman–Crippen LogP) is 4.83. The Hall–Kier alpha value is -3.34. The molecule has 29 heavy (non-hydrogen) atoms. The van der Waals surface area contributed by atoms with Gasteiger partial charge in [-0.15, -0.1) is 0 Å². The lowest BCUT2D eigenvalue weighted by molar-refractivity contribution is 0.102. The van der Waals surface area contributed by atoms with Gasteiger partial charge in [0.25, 0.3) is 5.91 Å². The number of hydrogen-bond donors (Lipinski definition) is 2. The van der Waals surface area contributed by atoms with Crippen molar-refractivity contribution >= 4 is 23.1 Å². The lowest BCUT2D eigenvalue weighted by atomic mass is 10.1. The van der Waals surface area contributed by atoms with Gasteiger partial charge in [-0.25, -0.2) is 4.98 Å². The zero-order valence-corrected chi connectivity index (χ0v) is 17.1. The van der Waals surface area contributed by atoms with Gasteiger partial charge in [0.15, 0.2) is 0 Å². The van der Waals surface area contributed by atoms with E-state index in [0.29, 0.717) is 11.4 Å². The number of carbonyl (C=O) groups is 1. The Bertz CT molecular complexity index is 906. The molecule has 1 heterocycles. The molecule has 0 aliphatic carbocycles. The molecule has 0 spiro atoms. The number of aromatic nitrogens is 1. The molecule has 0 fully saturated rings. The summed E-state index contributed by atoms with van der Waals surface area (Å²) >= 11 is 0. The maximum atomic E-state index is 12.6. The first-order valence-corrected chi connectivity index (χ1v) is 10.1. The molecule has 1 aromatic heterocycles. The van der Waals surface area contributed by atoms with Crippen LogP contribution in [-0.2, 0) is 6.42 Å². The highest BCUT2D eigenvalue weighted by molar-refractivity contribution is 6.04. The summed E-state index contributed by atoms with van der Waals surface area (Å²) in [5.41, 5.74) is 3.78. The van der Waals surface area contributed by atoms with E-state index in [1.165, 1.54) is 5.56 Å². The third-order valence-corrected chi connectivity index (χ3v) is 4.84. The van der Waals surface area contributed by atoms with Gasteiger partial charge < -0.3 is 15.5 Å². The lowest BCUT2D eigenvalue weighted by Crippen LogP contribution is -2.21. The van der Waals surface area contributed by atoms with Crippen LogP contribution in [0.4, 0.5) is 17.2 Å². The molecular weight excluding hydrogens is 360 g/mol. The van der Waals surface area contributed by atoms with Gasteiger partial charge in [0.05, 0.1) is 0 Å². The minimum absolute atomic E-state index is 0.144. The van der Waals surface area contributed by atoms with Crippen molar-refractivity contribution in [2.75, 3.05) is 35.2 Å². The first-order chi connectivity index (χ1) is 14.2. The summed E-state index contributed by atoms with van der Waals surface area (Å²) in [6.45, 7) is 6.94. The predicted molar refractivity (Wildman–Crippen MR) is 121 cm³/mol. The summed E-state index contributed by atoms with van der Waals surface area (Å²) in [5.74, 6) is 0.555. The number of pyridine rings is 1. The SMILES string of the molecule is CCN(CC)c1ccc(NC(=O)c2ccnc(NCCc3ccccc3)c2)cc1. The number of carbonyl (C=O) groups excluding carboxylic acids is 1. The van der Waals surface area contributed by atoms with E-state index in [1.54, 1.807) is 18.3 Å². The molecule has 0 saturated carbocycles. The van der Waals surface area contributed by atoms with Crippen LogP contribution in [0, 0.1) is 0 Å². The Morgan fingerprint density at radius 1 is 0.966 bits per heavy atom. The molecule has 2 aromatic carbocycles. The number of benzene rings is 2. The van der Waals surface area contributed by atoms with Crippen LogP contribution >= 0.6 is 0 Å². The molecule has 3 aromatic rings. The van der Waals surface area contributed by atoms with Crippen LogP contribution in [0.1, 0.15) is 29.8 Å². The lowest BCUT2D eigenvalue weighted by Gasteiger charge is -2.21. The van der Waals surface area contributed by atoms with E-state index < -0.39 is 0 Å². The summed E-state index contributed by atoms with van der Waals surface area (Å²) in [5, 5.41) is 6.24. The molecule has 5 nitrogen and oxygen atoms in total. The molecule has 0 unspecified atom stereocenters. The molecule has 0 bridgehead atoms. The third kappa shape index (κ3) is 5.82. The summed E-state index contributed by atoms with van der Waals surface area (Å²) in [7, 11) is 0. The molecule has 1 amide bonds. The summed E-state index contributed by atoms with van der Waals surface area (Å²) in [6, 6.07) is 21.7. The maximum absolute atomic E-state index is 12.6. The van der Waals surface area contributed by atoms with E-state index in [0.717, 1.165) is 37.4 Å². The summed E-state index contributed by atoms with van der Waals surface area (Å²) < 4.78 is 0. The second kappa shape index (κ2) is 10.3. The number of anilines is 3. The topological polar surface area (TPSA) is 57.3 Å². The normalized spacial score (nSPS) is 10.4. The van der Waals surface area contributed by atoms with Gasteiger partial charge in [0, 0.05) is 42.8 Å². The minimum Gasteiger partial charge on any atom is -0.372 e. The van der Waals surface area contributed by atoms with Crippen molar-refractivity contribution < 1.29 is 4.79 Å². The highest BCUT2D eigenvalue weighted by Crippen LogP contribution is 2.18. The average Bonchev–Trinajstić information content (AvgIpc) is 2.77. The monoisotopic (exact) mass is 388 g/mol. The Labute approximate surface area is 172 Å². The van der Waals surface area contributed by atoms with Gasteiger partial charge >= 0.3 is 0 Å². The molecular formula is C24H28N4O. The summed E-state index contributed by atoms with van der Waals surface area (Å²) in [6.07, 6.45) is 2.56. The first kappa shape index (κ1) is 20.4. The van der Waals surface area contributed by atoms with Crippen LogP contribution in [0.3, 0.4) is 0 Å². The fraction of sp³-hybridized carbons (Fsp3) is 0.250. The Kier molecular flexibility index (Phi) is 7.22. The second-order valence-electron chi connectivity index (χ2n) is 6.77. The molecule has 0 saturated heterocycles.